The van der Waals surface area contributed by atoms with Crippen molar-refractivity contribution in [3.05, 3.63) is 100 Å². The van der Waals surface area contributed by atoms with Gasteiger partial charge in [-0.3, -0.25) is 4.79 Å². The first-order chi connectivity index (χ1) is 13.8. The van der Waals surface area contributed by atoms with Crippen molar-refractivity contribution in [2.45, 2.75) is 23.2 Å². The number of carbonyl (C=O) groups excluding carboxylic acids is 1. The van der Waals surface area contributed by atoms with Gasteiger partial charge in [0.2, 0.25) is 10.0 Å². The van der Waals surface area contributed by atoms with Crippen LogP contribution in [0, 0.1) is 6.92 Å². The smallest absolute Gasteiger partial charge is 0.241 e. The number of halogens is 2. The zero-order valence-electron chi connectivity index (χ0n) is 15.5. The van der Waals surface area contributed by atoms with Crippen molar-refractivity contribution in [2.75, 3.05) is 0 Å². The number of aryl methyl sites for hydroxylation is 1. The fourth-order valence-corrected chi connectivity index (χ4v) is 4.74. The number of alkyl halides is 1. The van der Waals surface area contributed by atoms with E-state index in [0.29, 0.717) is 11.1 Å². The Kier molecular flexibility index (Phi) is 6.90. The molecule has 0 aromatic heterocycles. The molecule has 150 valence electrons. The van der Waals surface area contributed by atoms with E-state index in [1.54, 1.807) is 66.7 Å². The Morgan fingerprint density at radius 2 is 1.52 bits per heavy atom. The van der Waals surface area contributed by atoms with Crippen LogP contribution in [-0.2, 0) is 10.0 Å². The third-order valence-electron chi connectivity index (χ3n) is 4.44. The van der Waals surface area contributed by atoms with Crippen LogP contribution < -0.4 is 4.72 Å². The second-order valence-corrected chi connectivity index (χ2v) is 9.70. The molecule has 0 aliphatic rings. The van der Waals surface area contributed by atoms with Gasteiger partial charge in [-0.05, 0) is 36.8 Å². The number of hydrogen-bond acceptors (Lipinski definition) is 3. The predicted octanol–water partition coefficient (Wildman–Crippen LogP) is 5.27. The molecule has 0 heterocycles. The molecule has 0 bridgehead atoms. The Labute approximate surface area is 184 Å². The molecule has 0 fully saturated rings. The minimum Gasteiger partial charge on any atom is -0.292 e. The van der Waals surface area contributed by atoms with E-state index in [4.69, 9.17) is 11.6 Å². The first-order valence-corrected chi connectivity index (χ1v) is 11.6. The van der Waals surface area contributed by atoms with E-state index in [1.165, 1.54) is 12.1 Å². The maximum Gasteiger partial charge on any atom is 0.241 e. The van der Waals surface area contributed by atoms with Crippen molar-refractivity contribution >= 4 is 43.3 Å². The summed E-state index contributed by atoms with van der Waals surface area (Å²) in [5, 5.41) is -1.13. The summed E-state index contributed by atoms with van der Waals surface area (Å²) >= 11 is 9.90. The van der Waals surface area contributed by atoms with E-state index in [-0.39, 0.29) is 10.7 Å². The molecule has 0 spiro atoms. The van der Waals surface area contributed by atoms with E-state index in [1.807, 2.05) is 6.92 Å². The Hall–Kier alpha value is -1.99. The maximum atomic E-state index is 13.0. The van der Waals surface area contributed by atoms with E-state index in [9.17, 15) is 13.2 Å². The predicted molar refractivity (Wildman–Crippen MR) is 119 cm³/mol. The Balaban J connectivity index is 1.98. The molecule has 3 aromatic carbocycles. The fraction of sp³-hybridized carbons (Fsp3) is 0.136. The lowest BCUT2D eigenvalue weighted by atomic mass is 9.98. The normalized spacial score (nSPS) is 13.6. The van der Waals surface area contributed by atoms with Gasteiger partial charge in [0.1, 0.15) is 5.38 Å². The molecule has 7 heteroatoms. The third kappa shape index (κ3) is 5.34. The number of carbonyl (C=O) groups is 1. The fourth-order valence-electron chi connectivity index (χ4n) is 2.83. The van der Waals surface area contributed by atoms with Gasteiger partial charge in [-0.15, -0.1) is 11.6 Å². The molecule has 0 unspecified atom stereocenters. The average molecular weight is 493 g/mol. The van der Waals surface area contributed by atoms with Crippen LogP contribution in [0.2, 0.25) is 0 Å². The number of sulfonamides is 1. The lowest BCUT2D eigenvalue weighted by Gasteiger charge is -2.23. The van der Waals surface area contributed by atoms with Crippen LogP contribution in [0.1, 0.15) is 27.5 Å². The van der Waals surface area contributed by atoms with E-state index in [2.05, 4.69) is 20.7 Å². The van der Waals surface area contributed by atoms with Gasteiger partial charge >= 0.3 is 0 Å². The molecule has 0 saturated heterocycles. The van der Waals surface area contributed by atoms with E-state index >= 15 is 0 Å². The number of hydrogen-bond donors (Lipinski definition) is 1. The lowest BCUT2D eigenvalue weighted by molar-refractivity contribution is 0.0977. The summed E-state index contributed by atoms with van der Waals surface area (Å²) < 4.78 is 29.4. The highest BCUT2D eigenvalue weighted by Gasteiger charge is 2.32. The third-order valence-corrected chi connectivity index (χ3v) is 6.88. The van der Waals surface area contributed by atoms with Gasteiger partial charge in [-0.25, -0.2) is 13.1 Å². The van der Waals surface area contributed by atoms with Gasteiger partial charge in [-0.2, -0.15) is 0 Å². The van der Waals surface area contributed by atoms with E-state index in [0.717, 1.165) is 10.0 Å². The molecule has 0 amide bonds. The number of rotatable bonds is 7. The molecular weight excluding hydrogens is 474 g/mol. The molecule has 2 atom stereocenters. The highest BCUT2D eigenvalue weighted by molar-refractivity contribution is 9.10. The SMILES string of the molecule is Cc1ccc(S(=O)(=O)N[C@H](c2ccc(Br)cc2)[C@@H](Cl)C(=O)c2ccccc2)cc1. The molecular formula is C22H19BrClNO3S. The van der Waals surface area contributed by atoms with Crippen molar-refractivity contribution in [1.29, 1.82) is 0 Å². The molecule has 1 N–H and O–H groups in total. The first kappa shape index (κ1) is 21.7. The number of nitrogens with one attached hydrogen (secondary N) is 1. The zero-order chi connectivity index (χ0) is 21.0. The van der Waals surface area contributed by atoms with Crippen LogP contribution in [0.4, 0.5) is 0 Å². The Morgan fingerprint density at radius 1 is 0.931 bits per heavy atom. The number of Topliss-reactive ketones (excluding diaryl/α,β-unsaturated/α-hetero) is 1. The van der Waals surface area contributed by atoms with Gasteiger partial charge in [-0.1, -0.05) is 76.1 Å². The summed E-state index contributed by atoms with van der Waals surface area (Å²) in [5.41, 5.74) is 1.96. The van der Waals surface area contributed by atoms with Gasteiger partial charge in [0.25, 0.3) is 0 Å². The van der Waals surface area contributed by atoms with Crippen molar-refractivity contribution in [1.82, 2.24) is 4.72 Å². The summed E-state index contributed by atoms with van der Waals surface area (Å²) in [4.78, 5) is 13.0. The summed E-state index contributed by atoms with van der Waals surface area (Å²) in [5.74, 6) is -0.355. The van der Waals surface area contributed by atoms with Crippen LogP contribution >= 0.6 is 27.5 Å². The first-order valence-electron chi connectivity index (χ1n) is 8.86. The van der Waals surface area contributed by atoms with Crippen molar-refractivity contribution in [3.63, 3.8) is 0 Å². The standard InChI is InChI=1S/C22H19BrClNO3S/c1-15-7-13-19(14-8-15)29(27,28)25-21(16-9-11-18(23)12-10-16)20(24)22(26)17-5-3-2-4-6-17/h2-14,20-21,25H,1H3/t20-,21-/m1/s1. The minimum atomic E-state index is -3.89. The number of ketones is 1. The van der Waals surface area contributed by atoms with Gasteiger partial charge < -0.3 is 0 Å². The lowest BCUT2D eigenvalue weighted by Crippen LogP contribution is -2.37. The molecule has 4 nitrogen and oxygen atoms in total. The van der Waals surface area contributed by atoms with Crippen LogP contribution in [0.3, 0.4) is 0 Å². The quantitative estimate of drug-likeness (QED) is 0.361. The minimum absolute atomic E-state index is 0.112. The molecule has 0 saturated carbocycles. The van der Waals surface area contributed by atoms with Gasteiger partial charge in [0, 0.05) is 10.0 Å². The summed E-state index contributed by atoms with van der Waals surface area (Å²) in [6, 6.07) is 21.2. The summed E-state index contributed by atoms with van der Waals surface area (Å²) in [6.45, 7) is 1.88. The second kappa shape index (κ2) is 9.22. The van der Waals surface area contributed by atoms with Crippen LogP contribution in [0.15, 0.2) is 88.2 Å². The van der Waals surface area contributed by atoms with Gasteiger partial charge in [0.15, 0.2) is 5.78 Å². The maximum absolute atomic E-state index is 13.0. The molecule has 3 aromatic rings. The highest BCUT2D eigenvalue weighted by Crippen LogP contribution is 2.28. The Morgan fingerprint density at radius 3 is 2.10 bits per heavy atom. The summed E-state index contributed by atoms with van der Waals surface area (Å²) in [7, 11) is -3.89. The van der Waals surface area contributed by atoms with Gasteiger partial charge in [0.05, 0.1) is 10.9 Å². The molecule has 0 aliphatic carbocycles. The van der Waals surface area contributed by atoms with Crippen molar-refractivity contribution in [2.24, 2.45) is 0 Å². The second-order valence-electron chi connectivity index (χ2n) is 6.60. The van der Waals surface area contributed by atoms with Crippen LogP contribution in [0.25, 0.3) is 0 Å². The summed E-state index contributed by atoms with van der Waals surface area (Å²) in [6.07, 6.45) is 0. The Bertz CT molecular complexity index is 1090. The number of benzene rings is 3. The molecule has 0 radical (unpaired) electrons. The molecule has 3 rings (SSSR count). The largest absolute Gasteiger partial charge is 0.292 e. The molecule has 29 heavy (non-hydrogen) atoms. The van der Waals surface area contributed by atoms with Crippen molar-refractivity contribution < 1.29 is 13.2 Å². The highest BCUT2D eigenvalue weighted by atomic mass is 79.9. The van der Waals surface area contributed by atoms with Crippen LogP contribution in [-0.4, -0.2) is 19.6 Å². The molecule has 0 aliphatic heterocycles. The topological polar surface area (TPSA) is 63.2 Å². The average Bonchev–Trinajstić information content (AvgIpc) is 2.73. The van der Waals surface area contributed by atoms with Crippen LogP contribution in [0.5, 0.6) is 0 Å². The zero-order valence-corrected chi connectivity index (χ0v) is 18.7. The van der Waals surface area contributed by atoms with Crippen molar-refractivity contribution in [3.8, 4) is 0 Å². The van der Waals surface area contributed by atoms with E-state index < -0.39 is 21.4 Å². The monoisotopic (exact) mass is 491 g/mol.